The first-order chi connectivity index (χ1) is 10.7. The fraction of sp³-hybridized carbons (Fsp3) is 0.812. The van der Waals surface area contributed by atoms with Crippen molar-refractivity contribution in [2.75, 3.05) is 27.2 Å². The van der Waals surface area contributed by atoms with Crippen LogP contribution in [-0.2, 0) is 14.3 Å². The Bertz CT molecular complexity index is 451. The lowest BCUT2D eigenvalue weighted by molar-refractivity contribution is -0.133. The molecule has 1 aliphatic heterocycles. The Morgan fingerprint density at radius 1 is 1.04 bits per heavy atom. The van der Waals surface area contributed by atoms with Gasteiger partial charge in [0.15, 0.2) is 5.78 Å². The summed E-state index contributed by atoms with van der Waals surface area (Å²) in [5, 5.41) is 5.48. The van der Waals surface area contributed by atoms with Crippen LogP contribution in [0.5, 0.6) is 0 Å². The minimum atomic E-state index is -0.659. The molecule has 0 aliphatic carbocycles. The van der Waals surface area contributed by atoms with E-state index in [-0.39, 0.29) is 23.7 Å². The van der Waals surface area contributed by atoms with Gasteiger partial charge in [0.25, 0.3) is 0 Å². The monoisotopic (exact) mass is 327 g/mol. The maximum Gasteiger partial charge on any atom is 0.407 e. The molecular weight excluding hydrogens is 298 g/mol. The summed E-state index contributed by atoms with van der Waals surface area (Å²) in [5.41, 5.74) is 0. The van der Waals surface area contributed by atoms with E-state index in [0.29, 0.717) is 13.1 Å². The topological polar surface area (TPSA) is 87.7 Å². The van der Waals surface area contributed by atoms with Crippen LogP contribution in [0.3, 0.4) is 0 Å². The standard InChI is InChI=1S/C16H29N3O4/c1-9(2)13(18-16(22)23-6)14(20)11-7-19(5)8-12(11)15(21)17-10(3)4/h9-13H,7-8H2,1-6H3,(H,17,21)(H,18,22). The van der Waals surface area contributed by atoms with Crippen LogP contribution in [0.1, 0.15) is 27.7 Å². The van der Waals surface area contributed by atoms with Crippen LogP contribution in [-0.4, -0.2) is 62.0 Å². The van der Waals surface area contributed by atoms with Gasteiger partial charge in [-0.05, 0) is 26.8 Å². The van der Waals surface area contributed by atoms with Crippen LogP contribution >= 0.6 is 0 Å². The average molecular weight is 327 g/mol. The Morgan fingerprint density at radius 2 is 1.61 bits per heavy atom. The molecule has 2 amide bonds. The van der Waals surface area contributed by atoms with E-state index in [1.807, 2.05) is 39.6 Å². The van der Waals surface area contributed by atoms with Gasteiger partial charge in [0, 0.05) is 25.0 Å². The van der Waals surface area contributed by atoms with Gasteiger partial charge in [0.1, 0.15) is 0 Å². The summed E-state index contributed by atoms with van der Waals surface area (Å²) < 4.78 is 4.60. The summed E-state index contributed by atoms with van der Waals surface area (Å²) in [6.45, 7) is 8.56. The minimum absolute atomic E-state index is 0.0262. The molecule has 7 heteroatoms. The van der Waals surface area contributed by atoms with E-state index in [9.17, 15) is 14.4 Å². The Hall–Kier alpha value is -1.63. The molecule has 0 aromatic rings. The van der Waals surface area contributed by atoms with Crippen molar-refractivity contribution >= 4 is 17.8 Å². The summed E-state index contributed by atoms with van der Waals surface area (Å²) in [7, 11) is 3.15. The lowest BCUT2D eigenvalue weighted by atomic mass is 9.84. The van der Waals surface area contributed by atoms with Gasteiger partial charge < -0.3 is 20.3 Å². The number of alkyl carbamates (subject to hydrolysis) is 1. The molecule has 1 aliphatic rings. The van der Waals surface area contributed by atoms with Crippen molar-refractivity contribution in [3.05, 3.63) is 0 Å². The number of nitrogens with zero attached hydrogens (tertiary/aromatic N) is 1. The van der Waals surface area contributed by atoms with Gasteiger partial charge >= 0.3 is 6.09 Å². The Morgan fingerprint density at radius 3 is 2.09 bits per heavy atom. The molecule has 23 heavy (non-hydrogen) atoms. The van der Waals surface area contributed by atoms with Gasteiger partial charge in [-0.15, -0.1) is 0 Å². The van der Waals surface area contributed by atoms with Gasteiger partial charge in [0.05, 0.1) is 19.1 Å². The highest BCUT2D eigenvalue weighted by molar-refractivity contribution is 5.94. The largest absolute Gasteiger partial charge is 0.453 e. The predicted octanol–water partition coefficient (Wildman–Crippen LogP) is 0.639. The van der Waals surface area contributed by atoms with Crippen molar-refractivity contribution in [2.24, 2.45) is 17.8 Å². The van der Waals surface area contributed by atoms with Crippen molar-refractivity contribution in [3.8, 4) is 0 Å². The number of hydrogen-bond donors (Lipinski definition) is 2. The predicted molar refractivity (Wildman–Crippen MR) is 86.9 cm³/mol. The van der Waals surface area contributed by atoms with E-state index < -0.39 is 24.0 Å². The minimum Gasteiger partial charge on any atom is -0.453 e. The first-order valence-electron chi connectivity index (χ1n) is 8.04. The van der Waals surface area contributed by atoms with Crippen molar-refractivity contribution in [1.29, 1.82) is 0 Å². The summed E-state index contributed by atoms with van der Waals surface area (Å²) in [4.78, 5) is 38.8. The number of methoxy groups -OCH3 is 1. The van der Waals surface area contributed by atoms with Crippen molar-refractivity contribution < 1.29 is 19.1 Å². The van der Waals surface area contributed by atoms with Crippen LogP contribution in [0.4, 0.5) is 4.79 Å². The Labute approximate surface area is 138 Å². The van der Waals surface area contributed by atoms with Gasteiger partial charge in [-0.1, -0.05) is 13.8 Å². The summed E-state index contributed by atoms with van der Waals surface area (Å²) in [6.07, 6.45) is -0.633. The first kappa shape index (κ1) is 19.4. The van der Waals surface area contributed by atoms with Crippen LogP contribution < -0.4 is 10.6 Å². The molecule has 0 aromatic heterocycles. The fourth-order valence-electron chi connectivity index (χ4n) is 2.93. The Balaban J connectivity index is 2.91. The molecule has 0 bridgehead atoms. The number of ether oxygens (including phenoxy) is 1. The SMILES string of the molecule is COC(=O)NC(C(=O)C1CN(C)CC1C(=O)NC(C)C)C(C)C. The average Bonchev–Trinajstić information content (AvgIpc) is 2.84. The fourth-order valence-corrected chi connectivity index (χ4v) is 2.93. The third kappa shape index (κ3) is 5.20. The zero-order chi connectivity index (χ0) is 17.7. The maximum atomic E-state index is 12.9. The number of Topliss-reactive ketones (excluding diaryl/α,β-unsaturated/α-hetero) is 1. The second-order valence-corrected chi connectivity index (χ2v) is 6.86. The van der Waals surface area contributed by atoms with E-state index in [2.05, 4.69) is 15.4 Å². The lowest BCUT2D eigenvalue weighted by Gasteiger charge is -2.26. The van der Waals surface area contributed by atoms with Crippen molar-refractivity contribution in [3.63, 3.8) is 0 Å². The molecule has 2 N–H and O–H groups in total. The van der Waals surface area contributed by atoms with Crippen LogP contribution in [0.15, 0.2) is 0 Å². The highest BCUT2D eigenvalue weighted by Crippen LogP contribution is 2.26. The highest BCUT2D eigenvalue weighted by Gasteiger charge is 2.43. The molecule has 0 radical (unpaired) electrons. The van der Waals surface area contributed by atoms with E-state index in [1.165, 1.54) is 7.11 Å². The summed E-state index contributed by atoms with van der Waals surface area (Å²) in [5.74, 6) is -1.12. The zero-order valence-corrected chi connectivity index (χ0v) is 14.9. The lowest BCUT2D eigenvalue weighted by Crippen LogP contribution is -2.50. The van der Waals surface area contributed by atoms with E-state index in [1.54, 1.807) is 0 Å². The van der Waals surface area contributed by atoms with Gasteiger partial charge in [-0.3, -0.25) is 9.59 Å². The second kappa shape index (κ2) is 8.29. The number of hydrogen-bond acceptors (Lipinski definition) is 5. The van der Waals surface area contributed by atoms with Crippen molar-refractivity contribution in [2.45, 2.75) is 39.8 Å². The van der Waals surface area contributed by atoms with Crippen molar-refractivity contribution in [1.82, 2.24) is 15.5 Å². The van der Waals surface area contributed by atoms with Gasteiger partial charge in [-0.25, -0.2) is 4.79 Å². The molecule has 132 valence electrons. The molecule has 7 nitrogen and oxygen atoms in total. The van der Waals surface area contributed by atoms with Crippen LogP contribution in [0, 0.1) is 17.8 Å². The normalized spacial score (nSPS) is 23.0. The summed E-state index contributed by atoms with van der Waals surface area (Å²) in [6, 6.07) is -0.633. The molecule has 0 aromatic carbocycles. The number of nitrogens with one attached hydrogen (secondary N) is 2. The van der Waals surface area contributed by atoms with E-state index in [0.717, 1.165) is 0 Å². The number of rotatable bonds is 6. The van der Waals surface area contributed by atoms with E-state index in [4.69, 9.17) is 0 Å². The molecule has 3 unspecified atom stereocenters. The smallest absolute Gasteiger partial charge is 0.407 e. The molecule has 0 saturated carbocycles. The summed E-state index contributed by atoms with van der Waals surface area (Å²) >= 11 is 0. The number of likely N-dealkylation sites (tertiary alicyclic amines) is 1. The zero-order valence-electron chi connectivity index (χ0n) is 14.9. The number of carbonyl (C=O) groups excluding carboxylic acids is 3. The third-order valence-electron chi connectivity index (χ3n) is 4.07. The quantitative estimate of drug-likeness (QED) is 0.747. The van der Waals surface area contributed by atoms with E-state index >= 15 is 0 Å². The molecule has 1 heterocycles. The third-order valence-corrected chi connectivity index (χ3v) is 4.07. The van der Waals surface area contributed by atoms with Crippen LogP contribution in [0.2, 0.25) is 0 Å². The van der Waals surface area contributed by atoms with Gasteiger partial charge in [0.2, 0.25) is 5.91 Å². The first-order valence-corrected chi connectivity index (χ1v) is 8.04. The number of amides is 2. The molecular formula is C16H29N3O4. The molecule has 1 saturated heterocycles. The molecule has 1 rings (SSSR count). The number of ketones is 1. The highest BCUT2D eigenvalue weighted by atomic mass is 16.5. The second-order valence-electron chi connectivity index (χ2n) is 6.86. The molecule has 1 fully saturated rings. The Kier molecular flexibility index (Phi) is 7.00. The maximum absolute atomic E-state index is 12.9. The molecule has 3 atom stereocenters. The number of carbonyl (C=O) groups is 3. The van der Waals surface area contributed by atoms with Gasteiger partial charge in [-0.2, -0.15) is 0 Å². The van der Waals surface area contributed by atoms with Crippen LogP contribution in [0.25, 0.3) is 0 Å². The molecule has 0 spiro atoms.